The van der Waals surface area contributed by atoms with E-state index in [0.29, 0.717) is 30.7 Å². The molecule has 8 nitrogen and oxygen atoms in total. The standard InChI is InChI=1S/C19H27ClN4O4S/c1-12-8-19(18-13(7-17(20)29-18)16(25)11-28-19)9-14(21-12)15-10-24(23-22-15)3-4-27-6-5-26-2/h7,10,12,14,16,21,25H,3-6,8-9,11H2,1-2H3/t12-,14-,16+,19-/m0/s1. The summed E-state index contributed by atoms with van der Waals surface area (Å²) in [6.45, 7) is 4.77. The number of thiophene rings is 1. The van der Waals surface area contributed by atoms with Gasteiger partial charge in [0.25, 0.3) is 0 Å². The lowest BCUT2D eigenvalue weighted by Crippen LogP contribution is -2.50. The van der Waals surface area contributed by atoms with Gasteiger partial charge in [-0.25, -0.2) is 4.68 Å². The monoisotopic (exact) mass is 442 g/mol. The van der Waals surface area contributed by atoms with Crippen LogP contribution in [0.3, 0.4) is 0 Å². The van der Waals surface area contributed by atoms with Crippen molar-refractivity contribution in [2.75, 3.05) is 33.5 Å². The Kier molecular flexibility index (Phi) is 6.55. The molecule has 2 aliphatic rings. The predicted molar refractivity (Wildman–Crippen MR) is 109 cm³/mol. The lowest BCUT2D eigenvalue weighted by atomic mass is 9.79. The number of hydrogen-bond donors (Lipinski definition) is 2. The second-order valence-corrected chi connectivity index (χ2v) is 9.38. The molecular formula is C19H27ClN4O4S. The molecule has 2 aromatic rings. The molecule has 29 heavy (non-hydrogen) atoms. The first-order valence-electron chi connectivity index (χ1n) is 9.85. The van der Waals surface area contributed by atoms with E-state index in [4.69, 9.17) is 25.8 Å². The number of hydrogen-bond acceptors (Lipinski definition) is 8. The molecule has 0 amide bonds. The van der Waals surface area contributed by atoms with Crippen molar-refractivity contribution in [1.29, 1.82) is 0 Å². The van der Waals surface area contributed by atoms with Crippen LogP contribution in [-0.4, -0.2) is 59.7 Å². The van der Waals surface area contributed by atoms with E-state index in [1.807, 2.05) is 12.3 Å². The van der Waals surface area contributed by atoms with E-state index in [0.717, 1.165) is 29.0 Å². The first-order valence-corrected chi connectivity index (χ1v) is 11.0. The van der Waals surface area contributed by atoms with E-state index in [9.17, 15) is 5.11 Å². The molecule has 0 bridgehead atoms. The van der Waals surface area contributed by atoms with Crippen LogP contribution in [0.15, 0.2) is 12.3 Å². The van der Waals surface area contributed by atoms with Gasteiger partial charge in [0.15, 0.2) is 0 Å². The van der Waals surface area contributed by atoms with E-state index in [1.165, 1.54) is 11.3 Å². The second kappa shape index (κ2) is 8.97. The number of fused-ring (bicyclic) bond motifs is 2. The number of ether oxygens (including phenoxy) is 3. The molecule has 0 aliphatic carbocycles. The Balaban J connectivity index is 1.48. The summed E-state index contributed by atoms with van der Waals surface area (Å²) in [6, 6.07) is 2.10. The molecule has 0 radical (unpaired) electrons. The first kappa shape index (κ1) is 21.2. The van der Waals surface area contributed by atoms with Crippen molar-refractivity contribution >= 4 is 22.9 Å². The Morgan fingerprint density at radius 3 is 3.10 bits per heavy atom. The molecule has 1 saturated heterocycles. The molecular weight excluding hydrogens is 416 g/mol. The molecule has 4 atom stereocenters. The van der Waals surface area contributed by atoms with Crippen LogP contribution in [0.2, 0.25) is 4.34 Å². The molecule has 0 saturated carbocycles. The highest BCUT2D eigenvalue weighted by Gasteiger charge is 2.48. The summed E-state index contributed by atoms with van der Waals surface area (Å²) in [5.74, 6) is 0. The van der Waals surface area contributed by atoms with Gasteiger partial charge in [-0.3, -0.25) is 0 Å². The number of aliphatic hydroxyl groups excluding tert-OH is 1. The molecule has 4 heterocycles. The fourth-order valence-electron chi connectivity index (χ4n) is 4.22. The fourth-order valence-corrected chi connectivity index (χ4v) is 5.67. The van der Waals surface area contributed by atoms with Crippen LogP contribution in [0.1, 0.15) is 48.0 Å². The molecule has 4 rings (SSSR count). The Hall–Kier alpha value is -1.07. The highest BCUT2D eigenvalue weighted by atomic mass is 35.5. The minimum absolute atomic E-state index is 0.00544. The van der Waals surface area contributed by atoms with Crippen molar-refractivity contribution in [3.05, 3.63) is 32.7 Å². The molecule has 0 aromatic carbocycles. The molecule has 1 spiro atoms. The van der Waals surface area contributed by atoms with Gasteiger partial charge in [-0.2, -0.15) is 0 Å². The van der Waals surface area contributed by atoms with E-state index < -0.39 is 11.7 Å². The third-order valence-electron chi connectivity index (χ3n) is 5.49. The third kappa shape index (κ3) is 4.51. The number of aromatic nitrogens is 3. The lowest BCUT2D eigenvalue weighted by molar-refractivity contribution is -0.129. The summed E-state index contributed by atoms with van der Waals surface area (Å²) in [4.78, 5) is 1.04. The van der Waals surface area contributed by atoms with Crippen molar-refractivity contribution in [1.82, 2.24) is 20.3 Å². The average Bonchev–Trinajstić information content (AvgIpc) is 3.32. The summed E-state index contributed by atoms with van der Waals surface area (Å²) in [5.41, 5.74) is 1.32. The van der Waals surface area contributed by atoms with E-state index >= 15 is 0 Å². The molecule has 2 aliphatic heterocycles. The maximum atomic E-state index is 10.3. The topological polar surface area (TPSA) is 90.7 Å². The van der Waals surface area contributed by atoms with Crippen molar-refractivity contribution in [3.63, 3.8) is 0 Å². The number of halogens is 1. The van der Waals surface area contributed by atoms with Crippen LogP contribution in [0, 0.1) is 0 Å². The van der Waals surface area contributed by atoms with Crippen LogP contribution in [0.25, 0.3) is 0 Å². The lowest BCUT2D eigenvalue weighted by Gasteiger charge is -2.46. The summed E-state index contributed by atoms with van der Waals surface area (Å²) in [5, 5.41) is 22.6. The molecule has 2 aromatic heterocycles. The van der Waals surface area contributed by atoms with Gasteiger partial charge in [-0.05, 0) is 19.4 Å². The molecule has 160 valence electrons. The Morgan fingerprint density at radius 2 is 2.28 bits per heavy atom. The number of rotatable bonds is 7. The zero-order valence-electron chi connectivity index (χ0n) is 16.6. The second-order valence-electron chi connectivity index (χ2n) is 7.70. The zero-order chi connectivity index (χ0) is 20.4. The van der Waals surface area contributed by atoms with Crippen LogP contribution >= 0.6 is 22.9 Å². The minimum atomic E-state index is -0.623. The SMILES string of the molecule is COCCOCCn1cc([C@@H]2C[C@]3(C[C@H](C)N2)OC[C@@H](O)c2cc(Cl)sc23)nn1. The summed E-state index contributed by atoms with van der Waals surface area (Å²) >= 11 is 7.79. The molecule has 10 heteroatoms. The van der Waals surface area contributed by atoms with Crippen molar-refractivity contribution < 1.29 is 19.3 Å². The average molecular weight is 443 g/mol. The Morgan fingerprint density at radius 1 is 1.41 bits per heavy atom. The number of aliphatic hydroxyl groups is 1. The van der Waals surface area contributed by atoms with Gasteiger partial charge < -0.3 is 24.6 Å². The number of nitrogens with one attached hydrogen (secondary N) is 1. The highest BCUT2D eigenvalue weighted by molar-refractivity contribution is 7.16. The van der Waals surface area contributed by atoms with Crippen LogP contribution in [0.5, 0.6) is 0 Å². The smallest absolute Gasteiger partial charge is 0.106 e. The molecule has 1 fully saturated rings. The van der Waals surface area contributed by atoms with Gasteiger partial charge in [0.2, 0.25) is 0 Å². The van der Waals surface area contributed by atoms with E-state index in [-0.39, 0.29) is 18.7 Å². The largest absolute Gasteiger partial charge is 0.386 e. The molecule has 0 unspecified atom stereocenters. The van der Waals surface area contributed by atoms with E-state index in [2.05, 4.69) is 22.6 Å². The van der Waals surface area contributed by atoms with Gasteiger partial charge >= 0.3 is 0 Å². The van der Waals surface area contributed by atoms with Crippen molar-refractivity contribution in [3.8, 4) is 0 Å². The predicted octanol–water partition coefficient (Wildman–Crippen LogP) is 2.43. The molecule has 2 N–H and O–H groups in total. The van der Waals surface area contributed by atoms with E-state index in [1.54, 1.807) is 11.8 Å². The quantitative estimate of drug-likeness (QED) is 0.636. The van der Waals surface area contributed by atoms with Crippen LogP contribution in [-0.2, 0) is 26.4 Å². The number of piperidine rings is 1. The fraction of sp³-hybridized carbons (Fsp3) is 0.684. The van der Waals surface area contributed by atoms with Gasteiger partial charge in [0.05, 0.1) is 55.2 Å². The highest BCUT2D eigenvalue weighted by Crippen LogP contribution is 2.51. The van der Waals surface area contributed by atoms with Gasteiger partial charge in [0.1, 0.15) is 11.7 Å². The summed E-state index contributed by atoms with van der Waals surface area (Å²) in [6.07, 6.45) is 2.88. The van der Waals surface area contributed by atoms with Crippen molar-refractivity contribution in [2.45, 2.75) is 50.1 Å². The normalized spacial score (nSPS) is 29.3. The third-order valence-corrected chi connectivity index (χ3v) is 6.95. The Bertz CT molecular complexity index is 831. The van der Waals surface area contributed by atoms with Crippen molar-refractivity contribution in [2.24, 2.45) is 0 Å². The first-order chi connectivity index (χ1) is 14.0. The number of methoxy groups -OCH3 is 1. The maximum Gasteiger partial charge on any atom is 0.106 e. The summed E-state index contributed by atoms with van der Waals surface area (Å²) < 4.78 is 19.2. The Labute approximate surface area is 179 Å². The minimum Gasteiger partial charge on any atom is -0.386 e. The maximum absolute atomic E-state index is 10.3. The van der Waals surface area contributed by atoms with Crippen LogP contribution in [0.4, 0.5) is 0 Å². The zero-order valence-corrected chi connectivity index (χ0v) is 18.2. The summed E-state index contributed by atoms with van der Waals surface area (Å²) in [7, 11) is 1.65. The van der Waals surface area contributed by atoms with Gasteiger partial charge in [-0.15, -0.1) is 16.4 Å². The van der Waals surface area contributed by atoms with Crippen LogP contribution < -0.4 is 5.32 Å². The number of nitrogens with zero attached hydrogens (tertiary/aromatic N) is 3. The van der Waals surface area contributed by atoms with Gasteiger partial charge in [0, 0.05) is 30.0 Å². The van der Waals surface area contributed by atoms with Gasteiger partial charge in [-0.1, -0.05) is 16.8 Å².